The molecule has 154 valence electrons. The van der Waals surface area contributed by atoms with Crippen molar-refractivity contribution in [2.24, 2.45) is 15.8 Å². The van der Waals surface area contributed by atoms with Gasteiger partial charge in [0.15, 0.2) is 5.84 Å². The third-order valence-corrected chi connectivity index (χ3v) is 4.47. The second-order valence-corrected chi connectivity index (χ2v) is 8.08. The van der Waals surface area contributed by atoms with Crippen molar-refractivity contribution < 1.29 is 13.2 Å². The summed E-state index contributed by atoms with van der Waals surface area (Å²) >= 11 is 0. The summed E-state index contributed by atoms with van der Waals surface area (Å²) in [5, 5.41) is 12.1. The number of hydrazone groups is 1. The number of sulfonamides is 1. The number of amidine groups is 1. The zero-order chi connectivity index (χ0) is 21.7. The first kappa shape index (κ1) is 20.8. The molecule has 0 radical (unpaired) electrons. The molecular weight excluding hydrogens is 404 g/mol. The number of rotatable bonds is 6. The minimum atomic E-state index is -3.39. The van der Waals surface area contributed by atoms with Crippen LogP contribution in [0.15, 0.2) is 82.9 Å². The van der Waals surface area contributed by atoms with E-state index in [2.05, 4.69) is 26.8 Å². The van der Waals surface area contributed by atoms with Crippen LogP contribution in [0.2, 0.25) is 0 Å². The molecule has 1 aliphatic rings. The Morgan fingerprint density at radius 1 is 1.27 bits per heavy atom. The predicted octanol–water partition coefficient (Wildman–Crippen LogP) is 2.23. The summed E-state index contributed by atoms with van der Waals surface area (Å²) in [4.78, 5) is 4.01. The van der Waals surface area contributed by atoms with E-state index in [4.69, 9.17) is 15.9 Å². The van der Waals surface area contributed by atoms with Gasteiger partial charge in [0.2, 0.25) is 21.8 Å². The number of allylic oxidation sites excluding steroid dienone is 1. The van der Waals surface area contributed by atoms with Crippen LogP contribution in [0.25, 0.3) is 5.57 Å². The van der Waals surface area contributed by atoms with Gasteiger partial charge in [-0.05, 0) is 35.4 Å². The first-order valence-electron chi connectivity index (χ1n) is 8.70. The summed E-state index contributed by atoms with van der Waals surface area (Å²) in [6.07, 6.45) is 2.43. The molecule has 0 amide bonds. The number of nitrogens with two attached hydrogens (primary N) is 1. The zero-order valence-corrected chi connectivity index (χ0v) is 16.9. The van der Waals surface area contributed by atoms with E-state index in [0.717, 1.165) is 11.8 Å². The van der Waals surface area contributed by atoms with Crippen molar-refractivity contribution in [3.05, 3.63) is 83.9 Å². The van der Waals surface area contributed by atoms with E-state index in [1.165, 1.54) is 6.21 Å². The maximum atomic E-state index is 11.4. The SMILES string of the molecule is C=C(C=NC(=N)C(N)=C1NN=C(c2ccccc2)O1)c1cccc(NS(C)(=O)=O)c1. The van der Waals surface area contributed by atoms with Gasteiger partial charge in [-0.3, -0.25) is 10.1 Å². The molecule has 0 bridgehead atoms. The van der Waals surface area contributed by atoms with Crippen molar-refractivity contribution in [3.63, 3.8) is 0 Å². The summed E-state index contributed by atoms with van der Waals surface area (Å²) in [6.45, 7) is 3.89. The molecule has 5 N–H and O–H groups in total. The molecule has 0 aromatic heterocycles. The Labute approximate surface area is 174 Å². The van der Waals surface area contributed by atoms with E-state index >= 15 is 0 Å². The second kappa shape index (κ2) is 8.62. The average Bonchev–Trinajstić information content (AvgIpc) is 3.21. The van der Waals surface area contributed by atoms with E-state index in [-0.39, 0.29) is 17.4 Å². The van der Waals surface area contributed by atoms with Gasteiger partial charge in [-0.2, -0.15) is 0 Å². The van der Waals surface area contributed by atoms with Crippen molar-refractivity contribution in [2.75, 3.05) is 11.0 Å². The van der Waals surface area contributed by atoms with Crippen molar-refractivity contribution >= 4 is 39.2 Å². The van der Waals surface area contributed by atoms with Crippen LogP contribution in [-0.2, 0) is 14.8 Å². The summed E-state index contributed by atoms with van der Waals surface area (Å²) in [5.74, 6) is 0.208. The lowest BCUT2D eigenvalue weighted by molar-refractivity contribution is 0.412. The summed E-state index contributed by atoms with van der Waals surface area (Å²) in [6, 6.07) is 15.9. The topological polar surface area (TPSA) is 142 Å². The minimum Gasteiger partial charge on any atom is -0.417 e. The Morgan fingerprint density at radius 2 is 2.00 bits per heavy atom. The minimum absolute atomic E-state index is 0.0266. The van der Waals surface area contributed by atoms with Crippen LogP contribution in [0.4, 0.5) is 5.69 Å². The van der Waals surface area contributed by atoms with Gasteiger partial charge in [0.25, 0.3) is 0 Å². The number of hydrogen-bond acceptors (Lipinski definition) is 7. The molecule has 9 nitrogen and oxygen atoms in total. The molecule has 0 saturated carbocycles. The first-order valence-corrected chi connectivity index (χ1v) is 10.6. The van der Waals surface area contributed by atoms with Crippen molar-refractivity contribution in [1.29, 1.82) is 5.41 Å². The third kappa shape index (κ3) is 5.32. The molecule has 1 heterocycles. The quantitative estimate of drug-likeness (QED) is 0.415. The number of hydrogen-bond donors (Lipinski definition) is 4. The first-order chi connectivity index (χ1) is 14.2. The molecule has 0 spiro atoms. The van der Waals surface area contributed by atoms with Crippen LogP contribution < -0.4 is 15.9 Å². The number of anilines is 1. The Kier molecular flexibility index (Phi) is 5.98. The number of nitrogens with zero attached hydrogens (tertiary/aromatic N) is 2. The molecular formula is C20H20N6O3S. The molecule has 0 fully saturated rings. The van der Waals surface area contributed by atoms with Crippen LogP contribution in [0.5, 0.6) is 0 Å². The summed E-state index contributed by atoms with van der Waals surface area (Å²) < 4.78 is 30.7. The van der Waals surface area contributed by atoms with E-state index in [1.807, 2.05) is 30.3 Å². The predicted molar refractivity (Wildman–Crippen MR) is 119 cm³/mol. The summed E-state index contributed by atoms with van der Waals surface area (Å²) in [5.41, 5.74) is 10.8. The molecule has 0 aliphatic carbocycles. The maximum Gasteiger partial charge on any atom is 0.245 e. The average molecular weight is 424 g/mol. The number of ether oxygens (including phenoxy) is 1. The molecule has 0 unspecified atom stereocenters. The lowest BCUT2D eigenvalue weighted by Gasteiger charge is -2.07. The van der Waals surface area contributed by atoms with Gasteiger partial charge in [0, 0.05) is 17.5 Å². The molecule has 0 atom stereocenters. The van der Waals surface area contributed by atoms with E-state index in [9.17, 15) is 8.42 Å². The fourth-order valence-corrected chi connectivity index (χ4v) is 3.01. The van der Waals surface area contributed by atoms with Crippen LogP contribution in [-0.4, -0.2) is 32.6 Å². The number of benzene rings is 2. The van der Waals surface area contributed by atoms with Gasteiger partial charge in [0.1, 0.15) is 5.70 Å². The maximum absolute atomic E-state index is 11.4. The Hall–Kier alpha value is -3.92. The van der Waals surface area contributed by atoms with Crippen LogP contribution >= 0.6 is 0 Å². The third-order valence-electron chi connectivity index (χ3n) is 3.86. The normalized spacial score (nSPS) is 15.2. The Bertz CT molecular complexity index is 1180. The van der Waals surface area contributed by atoms with Gasteiger partial charge in [0.05, 0.1) is 6.26 Å². The molecule has 30 heavy (non-hydrogen) atoms. The molecule has 0 saturated heterocycles. The van der Waals surface area contributed by atoms with Gasteiger partial charge < -0.3 is 10.5 Å². The monoisotopic (exact) mass is 424 g/mol. The lowest BCUT2D eigenvalue weighted by atomic mass is 10.1. The van der Waals surface area contributed by atoms with E-state index in [0.29, 0.717) is 22.7 Å². The fraction of sp³-hybridized carbons (Fsp3) is 0.0500. The highest BCUT2D eigenvalue weighted by Gasteiger charge is 2.19. The zero-order valence-electron chi connectivity index (χ0n) is 16.1. The number of nitrogens with one attached hydrogen (secondary N) is 3. The van der Waals surface area contributed by atoms with Crippen LogP contribution in [0.1, 0.15) is 11.1 Å². The Balaban J connectivity index is 1.68. The molecule has 2 aromatic rings. The van der Waals surface area contributed by atoms with Gasteiger partial charge >= 0.3 is 0 Å². The molecule has 3 rings (SSSR count). The largest absolute Gasteiger partial charge is 0.417 e. The van der Waals surface area contributed by atoms with Gasteiger partial charge in [-0.1, -0.05) is 36.9 Å². The smallest absolute Gasteiger partial charge is 0.245 e. The van der Waals surface area contributed by atoms with Gasteiger partial charge in [-0.25, -0.2) is 18.8 Å². The highest BCUT2D eigenvalue weighted by Crippen LogP contribution is 2.18. The highest BCUT2D eigenvalue weighted by molar-refractivity contribution is 7.92. The standard InChI is InChI=1S/C20H20N6O3S/c1-13(15-9-6-10-16(11-15)26-30(2,27)28)12-23-18(22)17(21)20-25-24-19(29-20)14-7-4-3-5-8-14/h3-12,22,25-26H,1,21H2,2H3. The lowest BCUT2D eigenvalue weighted by Crippen LogP contribution is -2.17. The number of aliphatic imine (C=N–C) groups is 1. The molecule has 2 aromatic carbocycles. The van der Waals surface area contributed by atoms with E-state index in [1.54, 1.807) is 24.3 Å². The summed E-state index contributed by atoms with van der Waals surface area (Å²) in [7, 11) is -3.39. The van der Waals surface area contributed by atoms with Crippen molar-refractivity contribution in [1.82, 2.24) is 5.43 Å². The van der Waals surface area contributed by atoms with Crippen LogP contribution in [0, 0.1) is 5.41 Å². The van der Waals surface area contributed by atoms with Crippen molar-refractivity contribution in [2.45, 2.75) is 0 Å². The van der Waals surface area contributed by atoms with Gasteiger partial charge in [-0.15, -0.1) is 5.10 Å². The highest BCUT2D eigenvalue weighted by atomic mass is 32.2. The van der Waals surface area contributed by atoms with Crippen LogP contribution in [0.3, 0.4) is 0 Å². The second-order valence-electron chi connectivity index (χ2n) is 6.33. The molecule has 10 heteroatoms. The fourth-order valence-electron chi connectivity index (χ4n) is 2.45. The van der Waals surface area contributed by atoms with Crippen molar-refractivity contribution in [3.8, 4) is 0 Å². The molecule has 1 aliphatic heterocycles. The van der Waals surface area contributed by atoms with E-state index < -0.39 is 10.0 Å². The Morgan fingerprint density at radius 3 is 2.70 bits per heavy atom.